The summed E-state index contributed by atoms with van der Waals surface area (Å²) in [6.45, 7) is 2.16. The molecule has 0 bridgehead atoms. The Balaban J connectivity index is 3.54. The second-order valence-electron chi connectivity index (χ2n) is 1.74. The van der Waals surface area contributed by atoms with Crippen LogP contribution in [-0.2, 0) is 9.59 Å². The third kappa shape index (κ3) is 3.62. The molecule has 0 spiro atoms. The summed E-state index contributed by atoms with van der Waals surface area (Å²) in [4.78, 5) is 22.9. The van der Waals surface area contributed by atoms with Crippen molar-refractivity contribution in [2.45, 2.75) is 13.3 Å². The molecule has 0 radical (unpaired) electrons. The minimum absolute atomic E-state index is 0.105. The van der Waals surface area contributed by atoms with Gasteiger partial charge < -0.3 is 4.79 Å². The maximum Gasteiger partial charge on any atom is 0.234 e. The monoisotopic (exact) mass is 127 g/mol. The van der Waals surface area contributed by atoms with E-state index in [-0.39, 0.29) is 12.5 Å². The normalized spacial score (nSPS) is 11.7. The zero-order valence-corrected chi connectivity index (χ0v) is 5.33. The van der Waals surface area contributed by atoms with Crippen LogP contribution in [0, 0.1) is 5.92 Å². The van der Waals surface area contributed by atoms with Gasteiger partial charge >= 0.3 is 0 Å². The number of hydrogen-bond donors (Lipinski definition) is 0. The Hall–Kier alpha value is -0.950. The number of aldehydes is 1. The highest BCUT2D eigenvalue weighted by Gasteiger charge is 2.00. The van der Waals surface area contributed by atoms with Crippen molar-refractivity contribution < 1.29 is 9.59 Å². The second-order valence-corrected chi connectivity index (χ2v) is 1.74. The van der Waals surface area contributed by atoms with E-state index in [0.717, 1.165) is 12.7 Å². The fourth-order valence-corrected chi connectivity index (χ4v) is 0.423. The van der Waals surface area contributed by atoms with E-state index < -0.39 is 0 Å². The molecule has 50 valence electrons. The molecule has 1 atom stereocenters. The lowest BCUT2D eigenvalue weighted by Gasteiger charge is -1.97. The molecule has 0 fully saturated rings. The van der Waals surface area contributed by atoms with E-state index in [2.05, 4.69) is 4.99 Å². The Kier molecular flexibility index (Phi) is 4.64. The first kappa shape index (κ1) is 8.05. The van der Waals surface area contributed by atoms with Crippen LogP contribution in [0.5, 0.6) is 0 Å². The average molecular weight is 127 g/mol. The third-order valence-electron chi connectivity index (χ3n) is 1.11. The van der Waals surface area contributed by atoms with E-state index in [1.54, 1.807) is 0 Å². The standard InChI is InChI=1S/C6H9NO2/c1-2-6(4-8)3-7-5-9/h4,6H,2-3H2,1H3. The average Bonchev–Trinajstić information content (AvgIpc) is 1.91. The van der Waals surface area contributed by atoms with Crippen LogP contribution in [0.25, 0.3) is 0 Å². The van der Waals surface area contributed by atoms with Crippen LogP contribution >= 0.6 is 0 Å². The summed E-state index contributed by atoms with van der Waals surface area (Å²) < 4.78 is 0. The molecular weight excluding hydrogens is 118 g/mol. The molecule has 0 heterocycles. The molecule has 3 nitrogen and oxygen atoms in total. The smallest absolute Gasteiger partial charge is 0.234 e. The minimum atomic E-state index is -0.105. The number of rotatable bonds is 4. The molecule has 0 aliphatic heterocycles. The lowest BCUT2D eigenvalue weighted by Crippen LogP contribution is -2.03. The number of carbonyl (C=O) groups excluding carboxylic acids is 2. The van der Waals surface area contributed by atoms with Crippen molar-refractivity contribution in [1.29, 1.82) is 0 Å². The number of nitrogens with zero attached hydrogens (tertiary/aromatic N) is 1. The quantitative estimate of drug-likeness (QED) is 0.314. The summed E-state index contributed by atoms with van der Waals surface area (Å²) in [6, 6.07) is 0. The van der Waals surface area contributed by atoms with Gasteiger partial charge in [-0.25, -0.2) is 9.79 Å². The lowest BCUT2D eigenvalue weighted by atomic mass is 10.1. The van der Waals surface area contributed by atoms with E-state index in [9.17, 15) is 9.59 Å². The van der Waals surface area contributed by atoms with E-state index in [0.29, 0.717) is 0 Å². The van der Waals surface area contributed by atoms with Crippen molar-refractivity contribution in [2.75, 3.05) is 6.54 Å². The van der Waals surface area contributed by atoms with Crippen LogP contribution in [-0.4, -0.2) is 18.9 Å². The van der Waals surface area contributed by atoms with Gasteiger partial charge in [0, 0.05) is 5.92 Å². The number of aliphatic imine (C=N–C) groups is 1. The molecule has 3 heteroatoms. The van der Waals surface area contributed by atoms with Crippen LogP contribution in [0.4, 0.5) is 0 Å². The molecule has 0 rings (SSSR count). The van der Waals surface area contributed by atoms with Gasteiger partial charge in [-0.3, -0.25) is 0 Å². The molecule has 0 N–H and O–H groups in total. The Morgan fingerprint density at radius 3 is 2.78 bits per heavy atom. The maximum atomic E-state index is 10.1. The predicted octanol–water partition coefficient (Wildman–Crippen LogP) is 0.547. The van der Waals surface area contributed by atoms with Gasteiger partial charge in [0.2, 0.25) is 6.08 Å². The topological polar surface area (TPSA) is 46.5 Å². The Bertz CT molecular complexity index is 127. The fraction of sp³-hybridized carbons (Fsp3) is 0.667. The summed E-state index contributed by atoms with van der Waals surface area (Å²) in [6.07, 6.45) is 2.92. The SMILES string of the molecule is CCC(C=O)CN=C=O. The number of carbonyl (C=O) groups is 1. The number of isocyanates is 1. The third-order valence-corrected chi connectivity index (χ3v) is 1.11. The highest BCUT2D eigenvalue weighted by Crippen LogP contribution is 1.96. The Morgan fingerprint density at radius 2 is 2.44 bits per heavy atom. The van der Waals surface area contributed by atoms with E-state index in [1.807, 2.05) is 6.92 Å². The molecule has 0 saturated carbocycles. The first-order valence-electron chi connectivity index (χ1n) is 2.84. The molecule has 0 saturated heterocycles. The summed E-state index contributed by atoms with van der Waals surface area (Å²) in [5, 5.41) is 0. The van der Waals surface area contributed by atoms with E-state index in [1.165, 1.54) is 6.08 Å². The maximum absolute atomic E-state index is 10.1. The second kappa shape index (κ2) is 5.19. The fourth-order valence-electron chi connectivity index (χ4n) is 0.423. The lowest BCUT2D eigenvalue weighted by molar-refractivity contribution is -0.110. The van der Waals surface area contributed by atoms with Crippen molar-refractivity contribution in [1.82, 2.24) is 0 Å². The van der Waals surface area contributed by atoms with Gasteiger partial charge in [-0.2, -0.15) is 0 Å². The molecular formula is C6H9NO2. The molecule has 0 aromatic rings. The largest absolute Gasteiger partial charge is 0.303 e. The van der Waals surface area contributed by atoms with Crippen LogP contribution in [0.2, 0.25) is 0 Å². The summed E-state index contributed by atoms with van der Waals surface area (Å²) in [7, 11) is 0. The molecule has 0 aliphatic rings. The van der Waals surface area contributed by atoms with Gasteiger partial charge in [-0.05, 0) is 6.42 Å². The van der Waals surface area contributed by atoms with Gasteiger partial charge in [-0.15, -0.1) is 0 Å². The van der Waals surface area contributed by atoms with Crippen molar-refractivity contribution in [3.8, 4) is 0 Å². The van der Waals surface area contributed by atoms with Crippen LogP contribution in [0.1, 0.15) is 13.3 Å². The van der Waals surface area contributed by atoms with E-state index in [4.69, 9.17) is 0 Å². The highest BCUT2D eigenvalue weighted by molar-refractivity contribution is 5.54. The molecule has 0 aromatic heterocycles. The molecule has 9 heavy (non-hydrogen) atoms. The zero-order chi connectivity index (χ0) is 7.11. The minimum Gasteiger partial charge on any atom is -0.303 e. The van der Waals surface area contributed by atoms with Gasteiger partial charge in [-0.1, -0.05) is 6.92 Å². The summed E-state index contributed by atoms with van der Waals surface area (Å²) in [5.74, 6) is -0.105. The summed E-state index contributed by atoms with van der Waals surface area (Å²) >= 11 is 0. The predicted molar refractivity (Wildman–Crippen MR) is 32.8 cm³/mol. The molecule has 0 aliphatic carbocycles. The van der Waals surface area contributed by atoms with E-state index >= 15 is 0 Å². The molecule has 1 unspecified atom stereocenters. The van der Waals surface area contributed by atoms with Gasteiger partial charge in [0.15, 0.2) is 0 Å². The zero-order valence-electron chi connectivity index (χ0n) is 5.33. The van der Waals surface area contributed by atoms with Crippen LogP contribution in [0.15, 0.2) is 4.99 Å². The van der Waals surface area contributed by atoms with Crippen LogP contribution in [0.3, 0.4) is 0 Å². The van der Waals surface area contributed by atoms with Gasteiger partial charge in [0.25, 0.3) is 0 Å². The Morgan fingerprint density at radius 1 is 1.78 bits per heavy atom. The van der Waals surface area contributed by atoms with Crippen molar-refractivity contribution in [2.24, 2.45) is 10.9 Å². The summed E-state index contributed by atoms with van der Waals surface area (Å²) in [5.41, 5.74) is 0. The highest BCUT2D eigenvalue weighted by atomic mass is 16.1. The van der Waals surface area contributed by atoms with Crippen molar-refractivity contribution in [3.05, 3.63) is 0 Å². The number of hydrogen-bond acceptors (Lipinski definition) is 3. The van der Waals surface area contributed by atoms with Crippen molar-refractivity contribution in [3.63, 3.8) is 0 Å². The Labute approximate surface area is 53.8 Å². The van der Waals surface area contributed by atoms with Gasteiger partial charge in [0.1, 0.15) is 6.29 Å². The molecule has 0 amide bonds. The van der Waals surface area contributed by atoms with Gasteiger partial charge in [0.05, 0.1) is 6.54 Å². The van der Waals surface area contributed by atoms with Crippen LogP contribution < -0.4 is 0 Å². The molecule has 0 aromatic carbocycles. The first-order chi connectivity index (χ1) is 4.35. The van der Waals surface area contributed by atoms with Crippen molar-refractivity contribution >= 4 is 12.4 Å². The first-order valence-corrected chi connectivity index (χ1v) is 2.84.